The number of ether oxygens (including phenoxy) is 1. The van der Waals surface area contributed by atoms with Gasteiger partial charge in [-0.05, 0) is 30.2 Å². The second-order valence-corrected chi connectivity index (χ2v) is 5.86. The molecular formula is C18H18ClNO2. The van der Waals surface area contributed by atoms with Gasteiger partial charge in [0.05, 0.1) is 12.5 Å². The van der Waals surface area contributed by atoms with Crippen molar-refractivity contribution in [2.45, 2.75) is 18.9 Å². The molecule has 22 heavy (non-hydrogen) atoms. The van der Waals surface area contributed by atoms with E-state index in [1.807, 2.05) is 53.4 Å². The average molecular weight is 316 g/mol. The summed E-state index contributed by atoms with van der Waals surface area (Å²) in [6.45, 7) is 0.676. The summed E-state index contributed by atoms with van der Waals surface area (Å²) >= 11 is 5.99. The predicted octanol–water partition coefficient (Wildman–Crippen LogP) is 4.01. The fourth-order valence-electron chi connectivity index (χ4n) is 2.95. The summed E-state index contributed by atoms with van der Waals surface area (Å²) in [6.07, 6.45) is 1.23. The molecule has 0 N–H and O–H groups in total. The highest BCUT2D eigenvalue weighted by molar-refractivity contribution is 6.30. The van der Waals surface area contributed by atoms with Crippen molar-refractivity contribution in [1.82, 2.24) is 0 Å². The normalized spacial score (nSPS) is 17.2. The number of rotatable bonds is 3. The van der Waals surface area contributed by atoms with Gasteiger partial charge in [0.2, 0.25) is 5.91 Å². The summed E-state index contributed by atoms with van der Waals surface area (Å²) in [5, 5.41) is 0.656. The summed E-state index contributed by atoms with van der Waals surface area (Å²) in [4.78, 5) is 14.5. The van der Waals surface area contributed by atoms with Crippen molar-refractivity contribution in [2.24, 2.45) is 0 Å². The highest BCUT2D eigenvalue weighted by Crippen LogP contribution is 2.35. The van der Waals surface area contributed by atoms with Crippen molar-refractivity contribution in [2.75, 3.05) is 18.6 Å². The lowest BCUT2D eigenvalue weighted by atomic mass is 9.98. The summed E-state index contributed by atoms with van der Waals surface area (Å²) in [6, 6.07) is 15.4. The Hall–Kier alpha value is -1.84. The molecule has 0 saturated heterocycles. The molecule has 1 heterocycles. The number of hydrogen-bond acceptors (Lipinski definition) is 2. The summed E-state index contributed by atoms with van der Waals surface area (Å²) in [5.74, 6) is 0.0873. The van der Waals surface area contributed by atoms with Crippen LogP contribution in [0, 0.1) is 0 Å². The van der Waals surface area contributed by atoms with E-state index < -0.39 is 0 Å². The fourth-order valence-corrected chi connectivity index (χ4v) is 3.16. The zero-order chi connectivity index (χ0) is 15.5. The maximum absolute atomic E-state index is 12.7. The third kappa shape index (κ3) is 3.01. The van der Waals surface area contributed by atoms with Gasteiger partial charge in [-0.3, -0.25) is 4.79 Å². The smallest absolute Gasteiger partial charge is 0.231 e. The molecule has 0 spiro atoms. The first-order valence-corrected chi connectivity index (χ1v) is 7.73. The number of fused-ring (bicyclic) bond motifs is 1. The van der Waals surface area contributed by atoms with Gasteiger partial charge in [-0.1, -0.05) is 41.9 Å². The van der Waals surface area contributed by atoms with Crippen molar-refractivity contribution < 1.29 is 9.53 Å². The van der Waals surface area contributed by atoms with E-state index in [-0.39, 0.29) is 12.0 Å². The first-order valence-electron chi connectivity index (χ1n) is 7.35. The van der Waals surface area contributed by atoms with Crippen LogP contribution in [0.15, 0.2) is 48.5 Å². The van der Waals surface area contributed by atoms with E-state index in [9.17, 15) is 4.79 Å². The Balaban J connectivity index is 1.84. The lowest BCUT2D eigenvalue weighted by molar-refractivity contribution is -0.118. The highest BCUT2D eigenvalue weighted by atomic mass is 35.5. The van der Waals surface area contributed by atoms with E-state index in [1.165, 1.54) is 0 Å². The van der Waals surface area contributed by atoms with Crippen LogP contribution in [-0.2, 0) is 16.0 Å². The summed E-state index contributed by atoms with van der Waals surface area (Å²) in [5.41, 5.74) is 2.96. The van der Waals surface area contributed by atoms with Crippen LogP contribution in [0.3, 0.4) is 0 Å². The SMILES string of the molecule is COC1CCN(C(=O)Cc2cccc(Cl)c2)c2ccccc21. The number of amides is 1. The number of carbonyl (C=O) groups is 1. The number of para-hydroxylation sites is 1. The third-order valence-electron chi connectivity index (χ3n) is 4.02. The van der Waals surface area contributed by atoms with Gasteiger partial charge in [-0.25, -0.2) is 0 Å². The average Bonchev–Trinajstić information content (AvgIpc) is 2.53. The topological polar surface area (TPSA) is 29.5 Å². The van der Waals surface area contributed by atoms with Crippen LogP contribution >= 0.6 is 11.6 Å². The van der Waals surface area contributed by atoms with Crippen LogP contribution in [0.1, 0.15) is 23.7 Å². The quantitative estimate of drug-likeness (QED) is 0.856. The van der Waals surface area contributed by atoms with Gasteiger partial charge in [-0.2, -0.15) is 0 Å². The zero-order valence-electron chi connectivity index (χ0n) is 12.5. The Morgan fingerprint density at radius 3 is 2.86 bits per heavy atom. The van der Waals surface area contributed by atoms with Gasteiger partial charge >= 0.3 is 0 Å². The van der Waals surface area contributed by atoms with Crippen molar-refractivity contribution in [3.05, 3.63) is 64.7 Å². The fraction of sp³-hybridized carbons (Fsp3) is 0.278. The van der Waals surface area contributed by atoms with Crippen molar-refractivity contribution in [3.8, 4) is 0 Å². The Kier molecular flexibility index (Phi) is 4.46. The summed E-state index contributed by atoms with van der Waals surface area (Å²) < 4.78 is 5.52. The van der Waals surface area contributed by atoms with Gasteiger partial charge in [0.25, 0.3) is 0 Å². The zero-order valence-corrected chi connectivity index (χ0v) is 13.2. The molecule has 114 valence electrons. The van der Waals surface area contributed by atoms with Gasteiger partial charge in [0.15, 0.2) is 0 Å². The molecule has 0 bridgehead atoms. The standard InChI is InChI=1S/C18H18ClNO2/c1-22-17-9-10-20(16-8-3-2-7-15(16)17)18(21)12-13-5-4-6-14(19)11-13/h2-8,11,17H,9-10,12H2,1H3. The predicted molar refractivity (Wildman–Crippen MR) is 88.3 cm³/mol. The molecule has 0 aromatic heterocycles. The molecule has 0 saturated carbocycles. The van der Waals surface area contributed by atoms with Crippen molar-refractivity contribution >= 4 is 23.2 Å². The number of carbonyl (C=O) groups excluding carboxylic acids is 1. The van der Waals surface area contributed by atoms with Crippen LogP contribution in [0.2, 0.25) is 5.02 Å². The Morgan fingerprint density at radius 1 is 1.27 bits per heavy atom. The van der Waals surface area contributed by atoms with Gasteiger partial charge < -0.3 is 9.64 Å². The molecule has 1 unspecified atom stereocenters. The van der Waals surface area contributed by atoms with Crippen LogP contribution in [0.25, 0.3) is 0 Å². The van der Waals surface area contributed by atoms with Crippen LogP contribution in [-0.4, -0.2) is 19.6 Å². The molecule has 0 radical (unpaired) electrons. The lowest BCUT2D eigenvalue weighted by Gasteiger charge is -2.33. The van der Waals surface area contributed by atoms with E-state index in [0.717, 1.165) is 23.2 Å². The first-order chi connectivity index (χ1) is 10.7. The molecule has 0 aliphatic carbocycles. The van der Waals surface area contributed by atoms with Crippen LogP contribution in [0.4, 0.5) is 5.69 Å². The largest absolute Gasteiger partial charge is 0.377 e. The first kappa shape index (κ1) is 15.1. The van der Waals surface area contributed by atoms with E-state index in [2.05, 4.69) is 0 Å². The third-order valence-corrected chi connectivity index (χ3v) is 4.25. The molecule has 4 heteroatoms. The molecule has 1 aliphatic rings. The van der Waals surface area contributed by atoms with Gasteiger partial charge in [0, 0.05) is 29.9 Å². The molecule has 0 fully saturated rings. The number of anilines is 1. The number of hydrogen-bond donors (Lipinski definition) is 0. The summed E-state index contributed by atoms with van der Waals surface area (Å²) in [7, 11) is 1.71. The highest BCUT2D eigenvalue weighted by Gasteiger charge is 2.28. The van der Waals surface area contributed by atoms with Crippen LogP contribution < -0.4 is 4.90 Å². The molecule has 1 aliphatic heterocycles. The van der Waals surface area contributed by atoms with Crippen molar-refractivity contribution in [3.63, 3.8) is 0 Å². The van der Waals surface area contributed by atoms with Gasteiger partial charge in [-0.15, -0.1) is 0 Å². The Morgan fingerprint density at radius 2 is 2.09 bits per heavy atom. The Labute approximate surface area is 135 Å². The molecule has 2 aromatic rings. The Bertz CT molecular complexity index is 686. The molecule has 1 atom stereocenters. The minimum Gasteiger partial charge on any atom is -0.377 e. The number of halogens is 1. The van der Waals surface area contributed by atoms with E-state index >= 15 is 0 Å². The molecule has 1 amide bonds. The number of methoxy groups -OCH3 is 1. The van der Waals surface area contributed by atoms with Crippen LogP contribution in [0.5, 0.6) is 0 Å². The van der Waals surface area contributed by atoms with Crippen molar-refractivity contribution in [1.29, 1.82) is 0 Å². The maximum Gasteiger partial charge on any atom is 0.231 e. The molecule has 2 aromatic carbocycles. The number of benzene rings is 2. The molecule has 3 rings (SSSR count). The van der Waals surface area contributed by atoms with E-state index in [1.54, 1.807) is 7.11 Å². The second kappa shape index (κ2) is 6.51. The monoisotopic (exact) mass is 315 g/mol. The maximum atomic E-state index is 12.7. The number of nitrogens with zero attached hydrogens (tertiary/aromatic N) is 1. The second-order valence-electron chi connectivity index (χ2n) is 5.42. The minimum atomic E-state index is 0.0615. The molecular weight excluding hydrogens is 298 g/mol. The van der Waals surface area contributed by atoms with E-state index in [0.29, 0.717) is 18.0 Å². The van der Waals surface area contributed by atoms with E-state index in [4.69, 9.17) is 16.3 Å². The lowest BCUT2D eigenvalue weighted by Crippen LogP contribution is -2.38. The van der Waals surface area contributed by atoms with Gasteiger partial charge in [0.1, 0.15) is 0 Å². The molecule has 3 nitrogen and oxygen atoms in total. The minimum absolute atomic E-state index is 0.0615.